The molecule has 0 unspecified atom stereocenters. The van der Waals surface area contributed by atoms with Gasteiger partial charge in [0, 0.05) is 14.1 Å². The van der Waals surface area contributed by atoms with Crippen LogP contribution in [0.3, 0.4) is 0 Å². The maximum atomic E-state index is 13.5. The lowest BCUT2D eigenvalue weighted by Gasteiger charge is -2.06. The Labute approximate surface area is 121 Å². The first-order valence-corrected chi connectivity index (χ1v) is 6.13. The highest BCUT2D eigenvalue weighted by Crippen LogP contribution is 2.23. The van der Waals surface area contributed by atoms with Crippen molar-refractivity contribution < 1.29 is 13.9 Å². The van der Waals surface area contributed by atoms with Crippen molar-refractivity contribution in [2.24, 2.45) is 4.99 Å². The maximum absolute atomic E-state index is 13.5. The third-order valence-electron chi connectivity index (χ3n) is 2.38. The Bertz CT molecular complexity index is 629. The molecule has 0 aliphatic carbocycles. The van der Waals surface area contributed by atoms with Gasteiger partial charge in [0.05, 0.1) is 19.6 Å². The van der Waals surface area contributed by atoms with Crippen molar-refractivity contribution >= 4 is 12.2 Å². The number of aromatic nitrogens is 2. The van der Waals surface area contributed by atoms with Gasteiger partial charge in [0.15, 0.2) is 11.6 Å². The second-order valence-corrected chi connectivity index (χ2v) is 4.31. The van der Waals surface area contributed by atoms with E-state index in [1.165, 1.54) is 6.34 Å². The number of halogens is 1. The summed E-state index contributed by atoms with van der Waals surface area (Å²) in [7, 11) is 5.13. The van der Waals surface area contributed by atoms with Gasteiger partial charge < -0.3 is 14.4 Å². The van der Waals surface area contributed by atoms with Crippen molar-refractivity contribution in [3.05, 3.63) is 36.3 Å². The summed E-state index contributed by atoms with van der Waals surface area (Å²) in [6.07, 6.45) is 2.47. The Morgan fingerprint density at radius 2 is 1.86 bits per heavy atom. The summed E-state index contributed by atoms with van der Waals surface area (Å²) in [6, 6.07) is 6.91. The lowest BCUT2D eigenvalue weighted by atomic mass is 10.3. The van der Waals surface area contributed by atoms with E-state index in [9.17, 15) is 4.39 Å². The van der Waals surface area contributed by atoms with Crippen molar-refractivity contribution in [2.75, 3.05) is 21.2 Å². The van der Waals surface area contributed by atoms with Gasteiger partial charge in [-0.3, -0.25) is 0 Å². The molecule has 0 aliphatic rings. The van der Waals surface area contributed by atoms with Crippen molar-refractivity contribution in [3.8, 4) is 17.5 Å². The van der Waals surface area contributed by atoms with Crippen molar-refractivity contribution in [1.82, 2.24) is 14.9 Å². The second kappa shape index (κ2) is 6.65. The number of methoxy groups -OCH3 is 1. The molecule has 7 heteroatoms. The Hall–Kier alpha value is -2.70. The number of nitrogens with zero attached hydrogens (tertiary/aromatic N) is 4. The SMILES string of the molecule is COc1ccc(Oc2ncc(F)c(N=CN(C)C)n2)cc1. The normalized spacial score (nSPS) is 10.7. The van der Waals surface area contributed by atoms with E-state index >= 15 is 0 Å². The first kappa shape index (κ1) is 14.7. The minimum atomic E-state index is -0.616. The number of aliphatic imine (C=N–C) groups is 1. The first-order chi connectivity index (χ1) is 10.1. The van der Waals surface area contributed by atoms with Crippen LogP contribution in [-0.4, -0.2) is 42.4 Å². The zero-order chi connectivity index (χ0) is 15.2. The summed E-state index contributed by atoms with van der Waals surface area (Å²) in [5, 5.41) is 0. The summed E-state index contributed by atoms with van der Waals surface area (Å²) in [6.45, 7) is 0. The van der Waals surface area contributed by atoms with Gasteiger partial charge >= 0.3 is 6.01 Å². The van der Waals surface area contributed by atoms with Gasteiger partial charge in [-0.2, -0.15) is 4.98 Å². The molecule has 0 saturated carbocycles. The van der Waals surface area contributed by atoms with Crippen LogP contribution in [0.25, 0.3) is 0 Å². The van der Waals surface area contributed by atoms with Crippen LogP contribution >= 0.6 is 0 Å². The molecule has 0 saturated heterocycles. The minimum absolute atomic E-state index is 0.0208. The largest absolute Gasteiger partial charge is 0.497 e. The van der Waals surface area contributed by atoms with E-state index in [-0.39, 0.29) is 11.8 Å². The van der Waals surface area contributed by atoms with Crippen LogP contribution in [0.1, 0.15) is 0 Å². The lowest BCUT2D eigenvalue weighted by molar-refractivity contribution is 0.410. The molecule has 2 aromatic rings. The van der Waals surface area contributed by atoms with Crippen molar-refractivity contribution in [1.29, 1.82) is 0 Å². The highest BCUT2D eigenvalue weighted by atomic mass is 19.1. The summed E-state index contributed by atoms with van der Waals surface area (Å²) in [5.41, 5.74) is 0. The van der Waals surface area contributed by atoms with E-state index in [1.807, 2.05) is 0 Å². The van der Waals surface area contributed by atoms with Gasteiger partial charge in [-0.25, -0.2) is 14.4 Å². The zero-order valence-electron chi connectivity index (χ0n) is 11.9. The molecule has 0 fully saturated rings. The molecule has 110 valence electrons. The van der Waals surface area contributed by atoms with Gasteiger partial charge in [-0.05, 0) is 24.3 Å². The number of hydrogen-bond donors (Lipinski definition) is 0. The highest BCUT2D eigenvalue weighted by molar-refractivity contribution is 5.59. The summed E-state index contributed by atoms with van der Waals surface area (Å²) in [4.78, 5) is 13.3. The Morgan fingerprint density at radius 1 is 1.19 bits per heavy atom. The Kier molecular flexibility index (Phi) is 4.65. The maximum Gasteiger partial charge on any atom is 0.324 e. The number of ether oxygens (including phenoxy) is 2. The van der Waals surface area contributed by atoms with Crippen LogP contribution in [0.5, 0.6) is 17.5 Å². The van der Waals surface area contributed by atoms with E-state index in [1.54, 1.807) is 50.4 Å². The van der Waals surface area contributed by atoms with Gasteiger partial charge in [-0.15, -0.1) is 0 Å². The van der Waals surface area contributed by atoms with Crippen LogP contribution in [0.4, 0.5) is 10.2 Å². The number of benzene rings is 1. The van der Waals surface area contributed by atoms with Gasteiger partial charge in [0.25, 0.3) is 0 Å². The Morgan fingerprint density at radius 3 is 2.48 bits per heavy atom. The molecule has 0 radical (unpaired) electrons. The van der Waals surface area contributed by atoms with Crippen LogP contribution in [0, 0.1) is 5.82 Å². The van der Waals surface area contributed by atoms with Gasteiger partial charge in [0.1, 0.15) is 11.5 Å². The van der Waals surface area contributed by atoms with Gasteiger partial charge in [-0.1, -0.05) is 0 Å². The van der Waals surface area contributed by atoms with Crippen molar-refractivity contribution in [2.45, 2.75) is 0 Å². The summed E-state index contributed by atoms with van der Waals surface area (Å²) in [5.74, 6) is 0.529. The van der Waals surface area contributed by atoms with E-state index in [2.05, 4.69) is 15.0 Å². The third-order valence-corrected chi connectivity index (χ3v) is 2.38. The van der Waals surface area contributed by atoms with Crippen LogP contribution in [-0.2, 0) is 0 Å². The fourth-order valence-electron chi connectivity index (χ4n) is 1.40. The average molecular weight is 290 g/mol. The minimum Gasteiger partial charge on any atom is -0.497 e. The fraction of sp³-hybridized carbons (Fsp3) is 0.214. The molecule has 21 heavy (non-hydrogen) atoms. The molecule has 1 aromatic carbocycles. The zero-order valence-corrected chi connectivity index (χ0v) is 11.9. The Balaban J connectivity index is 2.18. The smallest absolute Gasteiger partial charge is 0.324 e. The van der Waals surface area contributed by atoms with Crippen LogP contribution < -0.4 is 9.47 Å². The summed E-state index contributed by atoms with van der Waals surface area (Å²) >= 11 is 0. The first-order valence-electron chi connectivity index (χ1n) is 6.13. The monoisotopic (exact) mass is 290 g/mol. The molecule has 0 atom stereocenters. The molecular formula is C14H15FN4O2. The fourth-order valence-corrected chi connectivity index (χ4v) is 1.40. The molecule has 2 rings (SSSR count). The molecule has 0 aliphatic heterocycles. The molecule has 0 amide bonds. The van der Waals surface area contributed by atoms with Gasteiger partial charge in [0.2, 0.25) is 0 Å². The van der Waals surface area contributed by atoms with Crippen LogP contribution in [0.2, 0.25) is 0 Å². The van der Waals surface area contributed by atoms with Crippen molar-refractivity contribution in [3.63, 3.8) is 0 Å². The second-order valence-electron chi connectivity index (χ2n) is 4.31. The number of hydrogen-bond acceptors (Lipinski definition) is 5. The predicted molar refractivity (Wildman–Crippen MR) is 76.9 cm³/mol. The standard InChI is InChI=1S/C14H15FN4O2/c1-19(2)9-17-13-12(15)8-16-14(18-13)21-11-6-4-10(20-3)5-7-11/h4-9H,1-3H3. The predicted octanol–water partition coefficient (Wildman–Crippen LogP) is 2.64. The van der Waals surface area contributed by atoms with Crippen LogP contribution in [0.15, 0.2) is 35.5 Å². The molecule has 0 N–H and O–H groups in total. The summed E-state index contributed by atoms with van der Waals surface area (Å²) < 4.78 is 24.0. The number of rotatable bonds is 5. The molecule has 1 heterocycles. The molecule has 1 aromatic heterocycles. The molecular weight excluding hydrogens is 275 g/mol. The topological polar surface area (TPSA) is 59.8 Å². The highest BCUT2D eigenvalue weighted by Gasteiger charge is 2.07. The molecule has 0 bridgehead atoms. The lowest BCUT2D eigenvalue weighted by Crippen LogP contribution is -2.07. The van der Waals surface area contributed by atoms with E-state index in [4.69, 9.17) is 9.47 Å². The molecule has 0 spiro atoms. The quantitative estimate of drug-likeness (QED) is 0.626. The van der Waals surface area contributed by atoms with E-state index in [0.29, 0.717) is 11.5 Å². The molecule has 6 nitrogen and oxygen atoms in total. The third kappa shape index (κ3) is 4.13. The van der Waals surface area contributed by atoms with E-state index in [0.717, 1.165) is 6.20 Å². The van der Waals surface area contributed by atoms with E-state index < -0.39 is 5.82 Å². The average Bonchev–Trinajstić information content (AvgIpc) is 2.48.